The zero-order valence-electron chi connectivity index (χ0n) is 11.4. The lowest BCUT2D eigenvalue weighted by atomic mass is 9.83. The molecule has 0 saturated carbocycles. The van der Waals surface area contributed by atoms with Gasteiger partial charge in [-0.15, -0.1) is 0 Å². The number of fused-ring (bicyclic) bond motifs is 2. The summed E-state index contributed by atoms with van der Waals surface area (Å²) in [5.41, 5.74) is 5.94. The fourth-order valence-corrected chi connectivity index (χ4v) is 5.32. The van der Waals surface area contributed by atoms with Crippen LogP contribution in [0.5, 0.6) is 0 Å². The molecule has 2 bridgehead atoms. The maximum atomic E-state index is 12.9. The lowest BCUT2D eigenvalue weighted by Crippen LogP contribution is -2.64. The van der Waals surface area contributed by atoms with Crippen molar-refractivity contribution in [3.05, 3.63) is 29.3 Å². The third kappa shape index (κ3) is 2.50. The molecule has 1 aromatic carbocycles. The van der Waals surface area contributed by atoms with Gasteiger partial charge in [-0.25, -0.2) is 8.42 Å². The van der Waals surface area contributed by atoms with Crippen molar-refractivity contribution in [3.8, 4) is 0 Å². The highest BCUT2D eigenvalue weighted by molar-refractivity contribution is 7.89. The summed E-state index contributed by atoms with van der Waals surface area (Å²) in [6.07, 6.45) is 2.46. The Labute approximate surface area is 129 Å². The van der Waals surface area contributed by atoms with Crippen LogP contribution >= 0.6 is 11.6 Å². The van der Waals surface area contributed by atoms with Crippen molar-refractivity contribution in [1.82, 2.24) is 4.31 Å². The molecule has 0 spiro atoms. The van der Waals surface area contributed by atoms with Gasteiger partial charge in [0.05, 0.1) is 10.9 Å². The topological polar surface area (TPSA) is 80.5 Å². The Hall–Kier alpha value is -0.950. The van der Waals surface area contributed by atoms with E-state index in [0.717, 1.165) is 6.42 Å². The first-order valence-electron chi connectivity index (χ1n) is 6.98. The summed E-state index contributed by atoms with van der Waals surface area (Å²) in [4.78, 5) is 12.1. The molecular weight excluding hydrogens is 312 g/mol. The molecule has 0 amide bonds. The number of nitrogens with two attached hydrogens (primary N) is 1. The van der Waals surface area contributed by atoms with Gasteiger partial charge in [-0.2, -0.15) is 4.31 Å². The van der Waals surface area contributed by atoms with Gasteiger partial charge in [0.1, 0.15) is 0 Å². The van der Waals surface area contributed by atoms with E-state index in [1.807, 2.05) is 0 Å². The predicted molar refractivity (Wildman–Crippen MR) is 79.5 cm³/mol. The minimum absolute atomic E-state index is 0.0349. The quantitative estimate of drug-likeness (QED) is 0.893. The van der Waals surface area contributed by atoms with Crippen LogP contribution in [0.2, 0.25) is 5.02 Å². The molecule has 2 heterocycles. The number of hydrogen-bond donors (Lipinski definition) is 1. The number of halogens is 1. The molecule has 3 rings (SSSR count). The number of ketones is 1. The molecule has 114 valence electrons. The van der Waals surface area contributed by atoms with Gasteiger partial charge in [-0.05, 0) is 37.1 Å². The van der Waals surface area contributed by atoms with E-state index in [-0.39, 0.29) is 23.1 Å². The standard InChI is InChI=1S/C14H17ClN2O3S/c15-9-4-6-11(7-5-9)21(19,20)17-10-2-1-3-12(17)14(16)13(18)8-10/h4-7,10,12,14H,1-3,8,16H2. The minimum Gasteiger partial charge on any atom is -0.320 e. The summed E-state index contributed by atoms with van der Waals surface area (Å²) >= 11 is 5.81. The number of carbonyl (C=O) groups excluding carboxylic acids is 1. The second kappa shape index (κ2) is 5.35. The molecule has 7 heteroatoms. The molecule has 3 unspecified atom stereocenters. The van der Waals surface area contributed by atoms with E-state index in [0.29, 0.717) is 17.9 Å². The van der Waals surface area contributed by atoms with Crippen LogP contribution in [0, 0.1) is 0 Å². The molecule has 1 aromatic rings. The van der Waals surface area contributed by atoms with Crippen LogP contribution in [-0.2, 0) is 14.8 Å². The zero-order chi connectivity index (χ0) is 15.2. The van der Waals surface area contributed by atoms with Crippen LogP contribution in [0.15, 0.2) is 29.2 Å². The first kappa shape index (κ1) is 15.0. The minimum atomic E-state index is -3.65. The fourth-order valence-electron chi connectivity index (χ4n) is 3.30. The summed E-state index contributed by atoms with van der Waals surface area (Å²) in [5.74, 6) is -0.0349. The zero-order valence-corrected chi connectivity index (χ0v) is 13.0. The van der Waals surface area contributed by atoms with E-state index in [2.05, 4.69) is 0 Å². The van der Waals surface area contributed by atoms with Crippen LogP contribution in [0.1, 0.15) is 25.7 Å². The maximum absolute atomic E-state index is 12.9. The van der Waals surface area contributed by atoms with E-state index in [1.165, 1.54) is 16.4 Å². The smallest absolute Gasteiger partial charge is 0.243 e. The van der Waals surface area contributed by atoms with Crippen molar-refractivity contribution >= 4 is 27.4 Å². The third-order valence-electron chi connectivity index (χ3n) is 4.34. The molecule has 0 aromatic heterocycles. The number of piperidine rings is 2. The molecule has 0 aliphatic carbocycles. The Kier molecular flexibility index (Phi) is 3.81. The summed E-state index contributed by atoms with van der Waals surface area (Å²) in [7, 11) is -3.65. The third-order valence-corrected chi connectivity index (χ3v) is 6.58. The van der Waals surface area contributed by atoms with Crippen molar-refractivity contribution in [2.45, 2.75) is 48.7 Å². The molecule has 2 N–H and O–H groups in total. The molecule has 2 saturated heterocycles. The number of Topliss-reactive ketones (excluding diaryl/α,β-unsaturated/α-hetero) is 1. The molecule has 5 nitrogen and oxygen atoms in total. The lowest BCUT2D eigenvalue weighted by molar-refractivity contribution is -0.126. The SMILES string of the molecule is NC1C(=O)CC2CCCC1N2S(=O)(=O)c1ccc(Cl)cc1. The van der Waals surface area contributed by atoms with Crippen LogP contribution in [0.25, 0.3) is 0 Å². The Bertz CT molecular complexity index is 659. The van der Waals surface area contributed by atoms with Crippen molar-refractivity contribution in [2.75, 3.05) is 0 Å². The predicted octanol–water partition coefficient (Wildman–Crippen LogP) is 1.55. The molecule has 2 fully saturated rings. The highest BCUT2D eigenvalue weighted by Gasteiger charge is 2.48. The average Bonchev–Trinajstić information content (AvgIpc) is 2.45. The number of benzene rings is 1. The molecule has 3 atom stereocenters. The number of rotatable bonds is 2. The molecule has 2 aliphatic heterocycles. The number of carbonyl (C=O) groups is 1. The summed E-state index contributed by atoms with van der Waals surface area (Å²) < 4.78 is 27.2. The Morgan fingerprint density at radius 1 is 1.19 bits per heavy atom. The Balaban J connectivity index is 2.01. The fraction of sp³-hybridized carbons (Fsp3) is 0.500. The van der Waals surface area contributed by atoms with Gasteiger partial charge in [0, 0.05) is 23.5 Å². The van der Waals surface area contributed by atoms with Gasteiger partial charge < -0.3 is 5.73 Å². The number of sulfonamides is 1. The largest absolute Gasteiger partial charge is 0.320 e. The van der Waals surface area contributed by atoms with Crippen molar-refractivity contribution in [2.24, 2.45) is 5.73 Å². The normalized spacial score (nSPS) is 30.4. The second-order valence-corrected chi connectivity index (χ2v) is 7.92. The molecule has 2 aliphatic rings. The van der Waals surface area contributed by atoms with Gasteiger partial charge in [-0.1, -0.05) is 18.0 Å². The van der Waals surface area contributed by atoms with Gasteiger partial charge >= 0.3 is 0 Å². The van der Waals surface area contributed by atoms with E-state index >= 15 is 0 Å². The summed E-state index contributed by atoms with van der Waals surface area (Å²) in [5, 5.41) is 0.486. The Morgan fingerprint density at radius 2 is 1.86 bits per heavy atom. The van der Waals surface area contributed by atoms with Crippen LogP contribution in [0.4, 0.5) is 0 Å². The highest BCUT2D eigenvalue weighted by Crippen LogP contribution is 2.36. The molecule has 21 heavy (non-hydrogen) atoms. The van der Waals surface area contributed by atoms with Gasteiger partial charge in [0.15, 0.2) is 5.78 Å². The first-order valence-corrected chi connectivity index (χ1v) is 8.80. The monoisotopic (exact) mass is 328 g/mol. The Morgan fingerprint density at radius 3 is 2.52 bits per heavy atom. The summed E-state index contributed by atoms with van der Waals surface area (Å²) in [6.45, 7) is 0. The second-order valence-electron chi connectivity index (χ2n) is 5.64. The van der Waals surface area contributed by atoms with Crippen LogP contribution in [0.3, 0.4) is 0 Å². The highest BCUT2D eigenvalue weighted by atomic mass is 35.5. The van der Waals surface area contributed by atoms with Crippen LogP contribution in [-0.4, -0.2) is 36.6 Å². The van der Waals surface area contributed by atoms with E-state index in [9.17, 15) is 13.2 Å². The van der Waals surface area contributed by atoms with Gasteiger partial charge in [-0.3, -0.25) is 4.79 Å². The summed E-state index contributed by atoms with van der Waals surface area (Å²) in [6, 6.07) is 4.69. The van der Waals surface area contributed by atoms with Crippen molar-refractivity contribution in [3.63, 3.8) is 0 Å². The maximum Gasteiger partial charge on any atom is 0.243 e. The molecular formula is C14H17ClN2O3S. The average molecular weight is 329 g/mol. The van der Waals surface area contributed by atoms with Gasteiger partial charge in [0.25, 0.3) is 0 Å². The van der Waals surface area contributed by atoms with E-state index in [1.54, 1.807) is 12.1 Å². The lowest BCUT2D eigenvalue weighted by Gasteiger charge is -2.46. The van der Waals surface area contributed by atoms with E-state index in [4.69, 9.17) is 17.3 Å². The van der Waals surface area contributed by atoms with E-state index < -0.39 is 22.1 Å². The van der Waals surface area contributed by atoms with Crippen molar-refractivity contribution in [1.29, 1.82) is 0 Å². The van der Waals surface area contributed by atoms with Gasteiger partial charge in [0.2, 0.25) is 10.0 Å². The number of hydrogen-bond acceptors (Lipinski definition) is 4. The van der Waals surface area contributed by atoms with Crippen molar-refractivity contribution < 1.29 is 13.2 Å². The van der Waals surface area contributed by atoms with Crippen LogP contribution < -0.4 is 5.73 Å². The number of nitrogens with zero attached hydrogens (tertiary/aromatic N) is 1. The molecule has 0 radical (unpaired) electrons. The first-order chi connectivity index (χ1) is 9.91.